The zero-order chi connectivity index (χ0) is 20.4. The second-order valence-corrected chi connectivity index (χ2v) is 8.12. The Bertz CT molecular complexity index is 918. The molecule has 1 atom stereocenters. The van der Waals surface area contributed by atoms with E-state index in [1.54, 1.807) is 11.8 Å². The number of ether oxygens (including phenoxy) is 1. The lowest BCUT2D eigenvalue weighted by Gasteiger charge is -2.34. The van der Waals surface area contributed by atoms with E-state index in [4.69, 9.17) is 4.74 Å². The standard InChI is InChI=1S/C24H28N2O3/c1-16-8-6-7-11-19(16)15-26-21-14-20(12-13-22(21)29-17(2)24(26)28)25-23(27)18-9-4-3-5-10-18/h6-8,11-14,17-18H,3-5,9-10,15H2,1-2H3,(H,25,27). The lowest BCUT2D eigenvalue weighted by atomic mass is 9.88. The fourth-order valence-electron chi connectivity index (χ4n) is 4.21. The quantitative estimate of drug-likeness (QED) is 0.811. The molecule has 4 rings (SSSR count). The number of rotatable bonds is 4. The van der Waals surface area contributed by atoms with Gasteiger partial charge in [0.25, 0.3) is 5.91 Å². The van der Waals surface area contributed by atoms with Crippen LogP contribution in [0.15, 0.2) is 42.5 Å². The number of amides is 2. The summed E-state index contributed by atoms with van der Waals surface area (Å²) in [4.78, 5) is 27.3. The van der Waals surface area contributed by atoms with Gasteiger partial charge in [0, 0.05) is 11.6 Å². The number of nitrogens with one attached hydrogen (secondary N) is 1. The van der Waals surface area contributed by atoms with Gasteiger partial charge in [-0.15, -0.1) is 0 Å². The van der Waals surface area contributed by atoms with Crippen molar-refractivity contribution in [2.75, 3.05) is 10.2 Å². The summed E-state index contributed by atoms with van der Waals surface area (Å²) in [7, 11) is 0. The molecule has 1 unspecified atom stereocenters. The zero-order valence-corrected chi connectivity index (χ0v) is 17.1. The van der Waals surface area contributed by atoms with Crippen LogP contribution in [0, 0.1) is 12.8 Å². The third kappa shape index (κ3) is 4.14. The van der Waals surface area contributed by atoms with Gasteiger partial charge in [-0.1, -0.05) is 43.5 Å². The van der Waals surface area contributed by atoms with Gasteiger partial charge in [-0.2, -0.15) is 0 Å². The summed E-state index contributed by atoms with van der Waals surface area (Å²) >= 11 is 0. The summed E-state index contributed by atoms with van der Waals surface area (Å²) in [6.45, 7) is 4.30. The second-order valence-electron chi connectivity index (χ2n) is 8.12. The first-order valence-corrected chi connectivity index (χ1v) is 10.5. The third-order valence-corrected chi connectivity index (χ3v) is 6.00. The van der Waals surface area contributed by atoms with Crippen molar-refractivity contribution in [2.45, 2.75) is 58.6 Å². The average Bonchev–Trinajstić information content (AvgIpc) is 2.73. The van der Waals surface area contributed by atoms with Crippen molar-refractivity contribution in [1.82, 2.24) is 0 Å². The maximum absolute atomic E-state index is 12.9. The first-order chi connectivity index (χ1) is 14.0. The van der Waals surface area contributed by atoms with Crippen LogP contribution in [0.3, 0.4) is 0 Å². The van der Waals surface area contributed by atoms with Crippen molar-refractivity contribution in [3.8, 4) is 5.75 Å². The van der Waals surface area contributed by atoms with E-state index in [9.17, 15) is 9.59 Å². The minimum Gasteiger partial charge on any atom is -0.479 e. The lowest BCUT2D eigenvalue weighted by molar-refractivity contribution is -0.125. The molecule has 2 aromatic rings. The van der Waals surface area contributed by atoms with E-state index in [2.05, 4.69) is 5.32 Å². The molecular formula is C24H28N2O3. The maximum atomic E-state index is 12.9. The van der Waals surface area contributed by atoms with E-state index in [0.29, 0.717) is 23.7 Å². The Morgan fingerprint density at radius 1 is 1.14 bits per heavy atom. The molecule has 29 heavy (non-hydrogen) atoms. The molecule has 2 amide bonds. The predicted octanol–water partition coefficient (Wildman–Crippen LogP) is 4.83. The highest BCUT2D eigenvalue weighted by Gasteiger charge is 2.32. The minimum absolute atomic E-state index is 0.0727. The lowest BCUT2D eigenvalue weighted by Crippen LogP contribution is -2.44. The van der Waals surface area contributed by atoms with Crippen molar-refractivity contribution >= 4 is 23.2 Å². The van der Waals surface area contributed by atoms with Crippen LogP contribution in [0.1, 0.15) is 50.2 Å². The normalized spacial score (nSPS) is 19.4. The second kappa shape index (κ2) is 8.27. The summed E-state index contributed by atoms with van der Waals surface area (Å²) in [5, 5.41) is 3.05. The van der Waals surface area contributed by atoms with Crippen molar-refractivity contribution < 1.29 is 14.3 Å². The number of nitrogens with zero attached hydrogens (tertiary/aromatic N) is 1. The van der Waals surface area contributed by atoms with Crippen molar-refractivity contribution in [3.05, 3.63) is 53.6 Å². The van der Waals surface area contributed by atoms with Crippen LogP contribution in [0.5, 0.6) is 5.75 Å². The first-order valence-electron chi connectivity index (χ1n) is 10.5. The number of hydrogen-bond acceptors (Lipinski definition) is 3. The number of anilines is 2. The minimum atomic E-state index is -0.533. The van der Waals surface area contributed by atoms with E-state index in [0.717, 1.165) is 36.8 Å². The number of aryl methyl sites for hydroxylation is 1. The van der Waals surface area contributed by atoms with Crippen LogP contribution in [0.4, 0.5) is 11.4 Å². The van der Waals surface area contributed by atoms with Gasteiger partial charge in [-0.25, -0.2) is 0 Å². The van der Waals surface area contributed by atoms with Crippen molar-refractivity contribution in [1.29, 1.82) is 0 Å². The molecule has 1 saturated carbocycles. The van der Waals surface area contributed by atoms with Gasteiger partial charge in [0.2, 0.25) is 5.91 Å². The van der Waals surface area contributed by atoms with Crippen LogP contribution >= 0.6 is 0 Å². The van der Waals surface area contributed by atoms with Crippen LogP contribution in [0.25, 0.3) is 0 Å². The predicted molar refractivity (Wildman–Crippen MR) is 114 cm³/mol. The van der Waals surface area contributed by atoms with Crippen LogP contribution in [0.2, 0.25) is 0 Å². The Morgan fingerprint density at radius 3 is 2.66 bits per heavy atom. The molecule has 1 fully saturated rings. The SMILES string of the molecule is Cc1ccccc1CN1C(=O)C(C)Oc2ccc(NC(=O)C3CCCCC3)cc21. The monoisotopic (exact) mass is 392 g/mol. The fourth-order valence-corrected chi connectivity index (χ4v) is 4.21. The maximum Gasteiger partial charge on any atom is 0.268 e. The van der Waals surface area contributed by atoms with Gasteiger partial charge in [0.1, 0.15) is 5.75 Å². The molecule has 0 bridgehead atoms. The summed E-state index contributed by atoms with van der Waals surface area (Å²) in [5.41, 5.74) is 3.65. The number of fused-ring (bicyclic) bond motifs is 1. The highest BCUT2D eigenvalue weighted by atomic mass is 16.5. The van der Waals surface area contributed by atoms with Gasteiger partial charge in [-0.05, 0) is 56.0 Å². The third-order valence-electron chi connectivity index (χ3n) is 6.00. The topological polar surface area (TPSA) is 58.6 Å². The van der Waals surface area contributed by atoms with Gasteiger partial charge in [0.15, 0.2) is 6.10 Å². The molecule has 0 spiro atoms. The van der Waals surface area contributed by atoms with Crippen LogP contribution < -0.4 is 15.0 Å². The molecule has 5 nitrogen and oxygen atoms in total. The number of benzene rings is 2. The molecule has 1 heterocycles. The molecule has 1 aliphatic carbocycles. The van der Waals surface area contributed by atoms with Crippen molar-refractivity contribution in [3.63, 3.8) is 0 Å². The molecule has 0 aromatic heterocycles. The fraction of sp³-hybridized carbons (Fsp3) is 0.417. The molecule has 2 aromatic carbocycles. The molecule has 0 radical (unpaired) electrons. The Balaban J connectivity index is 1.60. The molecule has 5 heteroatoms. The summed E-state index contributed by atoms with van der Waals surface area (Å²) < 4.78 is 5.81. The average molecular weight is 392 g/mol. The van der Waals surface area contributed by atoms with Crippen LogP contribution in [-0.2, 0) is 16.1 Å². The largest absolute Gasteiger partial charge is 0.479 e. The summed E-state index contributed by atoms with van der Waals surface area (Å²) in [5.74, 6) is 0.755. The van der Waals surface area contributed by atoms with Gasteiger partial charge < -0.3 is 15.0 Å². The van der Waals surface area contributed by atoms with Crippen molar-refractivity contribution in [2.24, 2.45) is 5.92 Å². The number of carbonyl (C=O) groups excluding carboxylic acids is 2. The number of hydrogen-bond donors (Lipinski definition) is 1. The Hall–Kier alpha value is -2.82. The van der Waals surface area contributed by atoms with Gasteiger partial charge in [0.05, 0.1) is 12.2 Å². The molecule has 1 aliphatic heterocycles. The highest BCUT2D eigenvalue weighted by molar-refractivity contribution is 6.01. The molecular weight excluding hydrogens is 364 g/mol. The van der Waals surface area contributed by atoms with E-state index in [1.165, 1.54) is 6.42 Å². The first kappa shape index (κ1) is 19.5. The van der Waals surface area contributed by atoms with Gasteiger partial charge >= 0.3 is 0 Å². The summed E-state index contributed by atoms with van der Waals surface area (Å²) in [6.07, 6.45) is 4.83. The van der Waals surface area contributed by atoms with E-state index in [1.807, 2.05) is 49.4 Å². The Morgan fingerprint density at radius 2 is 1.90 bits per heavy atom. The van der Waals surface area contributed by atoms with E-state index >= 15 is 0 Å². The summed E-state index contributed by atoms with van der Waals surface area (Å²) in [6, 6.07) is 13.6. The molecule has 0 saturated heterocycles. The van der Waals surface area contributed by atoms with E-state index in [-0.39, 0.29) is 17.7 Å². The van der Waals surface area contributed by atoms with E-state index < -0.39 is 6.10 Å². The zero-order valence-electron chi connectivity index (χ0n) is 17.1. The molecule has 2 aliphatic rings. The smallest absolute Gasteiger partial charge is 0.268 e. The Labute approximate surface area is 172 Å². The molecule has 152 valence electrons. The highest BCUT2D eigenvalue weighted by Crippen LogP contribution is 2.38. The Kier molecular flexibility index (Phi) is 5.56. The number of carbonyl (C=O) groups is 2. The van der Waals surface area contributed by atoms with Crippen LogP contribution in [-0.4, -0.2) is 17.9 Å². The van der Waals surface area contributed by atoms with Gasteiger partial charge in [-0.3, -0.25) is 9.59 Å². The molecule has 1 N–H and O–H groups in total.